The van der Waals surface area contributed by atoms with Crippen LogP contribution in [0.25, 0.3) is 16.9 Å². The van der Waals surface area contributed by atoms with Crippen molar-refractivity contribution in [2.24, 2.45) is 0 Å². The second-order valence-corrected chi connectivity index (χ2v) is 6.45. The van der Waals surface area contributed by atoms with Crippen LogP contribution in [0.15, 0.2) is 42.6 Å². The molecule has 1 aromatic carbocycles. The minimum atomic E-state index is 0.156. The first-order valence-electron chi connectivity index (χ1n) is 7.14. The lowest BCUT2D eigenvalue weighted by molar-refractivity contribution is 0.507. The van der Waals surface area contributed by atoms with E-state index in [-0.39, 0.29) is 5.41 Å². The number of pyridine rings is 1. The van der Waals surface area contributed by atoms with Crippen LogP contribution >= 0.6 is 0 Å². The lowest BCUT2D eigenvalue weighted by Gasteiger charge is -2.32. The fourth-order valence-electron chi connectivity index (χ4n) is 3.38. The van der Waals surface area contributed by atoms with Crippen LogP contribution in [-0.2, 0) is 11.8 Å². The van der Waals surface area contributed by atoms with Crippen LogP contribution in [0.3, 0.4) is 0 Å². The average molecular weight is 262 g/mol. The molecule has 0 aliphatic heterocycles. The first-order chi connectivity index (χ1) is 9.56. The van der Waals surface area contributed by atoms with Crippen LogP contribution in [0.1, 0.15) is 30.7 Å². The summed E-state index contributed by atoms with van der Waals surface area (Å²) in [6.07, 6.45) is 3.23. The van der Waals surface area contributed by atoms with E-state index in [1.165, 1.54) is 22.4 Å². The molecule has 1 aliphatic carbocycles. The Morgan fingerprint density at radius 2 is 1.90 bits per heavy atom. The summed E-state index contributed by atoms with van der Waals surface area (Å²) in [6.45, 7) is 6.78. The van der Waals surface area contributed by atoms with Gasteiger partial charge in [-0.2, -0.15) is 0 Å². The first kappa shape index (κ1) is 11.7. The van der Waals surface area contributed by atoms with Crippen molar-refractivity contribution in [3.8, 4) is 11.3 Å². The molecule has 0 fully saturated rings. The van der Waals surface area contributed by atoms with Crippen molar-refractivity contribution in [1.82, 2.24) is 9.38 Å². The van der Waals surface area contributed by atoms with E-state index in [1.54, 1.807) is 0 Å². The smallest absolute Gasteiger partial charge is 0.137 e. The monoisotopic (exact) mass is 262 g/mol. The molecule has 0 saturated heterocycles. The van der Waals surface area contributed by atoms with Gasteiger partial charge < -0.3 is 4.40 Å². The molecular formula is C18H18N2. The number of hydrogen-bond acceptors (Lipinski definition) is 1. The standard InChI is InChI=1S/C18H18N2/c1-12-8-9-16-19-17-13-6-4-5-7-14(13)18(2,3)10-15(17)20(16)11-12/h4-9,11H,10H2,1-3H3. The van der Waals surface area contributed by atoms with E-state index in [1.807, 2.05) is 0 Å². The third-order valence-corrected chi connectivity index (χ3v) is 4.39. The van der Waals surface area contributed by atoms with E-state index in [4.69, 9.17) is 4.98 Å². The zero-order valence-electron chi connectivity index (χ0n) is 12.1. The molecule has 2 nitrogen and oxygen atoms in total. The van der Waals surface area contributed by atoms with E-state index in [9.17, 15) is 0 Å². The number of fused-ring (bicyclic) bond motifs is 5. The van der Waals surface area contributed by atoms with Gasteiger partial charge in [0.25, 0.3) is 0 Å². The van der Waals surface area contributed by atoms with Gasteiger partial charge in [0.05, 0.1) is 11.4 Å². The van der Waals surface area contributed by atoms with Gasteiger partial charge in [-0.3, -0.25) is 0 Å². The van der Waals surface area contributed by atoms with Gasteiger partial charge in [0.2, 0.25) is 0 Å². The first-order valence-corrected chi connectivity index (χ1v) is 7.14. The lowest BCUT2D eigenvalue weighted by atomic mass is 9.73. The second-order valence-electron chi connectivity index (χ2n) is 6.45. The van der Waals surface area contributed by atoms with Gasteiger partial charge in [-0.15, -0.1) is 0 Å². The molecule has 0 saturated carbocycles. The van der Waals surface area contributed by atoms with Crippen LogP contribution in [0.2, 0.25) is 0 Å². The Kier molecular flexibility index (Phi) is 2.18. The quantitative estimate of drug-likeness (QED) is 0.595. The number of aromatic nitrogens is 2. The predicted octanol–water partition coefficient (Wildman–Crippen LogP) is 4.14. The Morgan fingerprint density at radius 3 is 2.75 bits per heavy atom. The topological polar surface area (TPSA) is 17.3 Å². The van der Waals surface area contributed by atoms with Crippen LogP contribution in [0, 0.1) is 6.92 Å². The van der Waals surface area contributed by atoms with Gasteiger partial charge >= 0.3 is 0 Å². The summed E-state index contributed by atoms with van der Waals surface area (Å²) in [6, 6.07) is 12.9. The van der Waals surface area contributed by atoms with Crippen molar-refractivity contribution in [3.05, 3.63) is 59.4 Å². The third kappa shape index (κ3) is 1.48. The summed E-state index contributed by atoms with van der Waals surface area (Å²) in [5, 5.41) is 0. The van der Waals surface area contributed by atoms with Crippen LogP contribution in [0.5, 0.6) is 0 Å². The zero-order valence-corrected chi connectivity index (χ0v) is 12.1. The second kappa shape index (κ2) is 3.72. The van der Waals surface area contributed by atoms with E-state index in [0.29, 0.717) is 0 Å². The summed E-state index contributed by atoms with van der Waals surface area (Å²) < 4.78 is 2.27. The van der Waals surface area contributed by atoms with Gasteiger partial charge in [0.1, 0.15) is 5.65 Å². The molecule has 0 atom stereocenters. The van der Waals surface area contributed by atoms with Crippen LogP contribution in [-0.4, -0.2) is 9.38 Å². The molecule has 0 amide bonds. The number of hydrogen-bond donors (Lipinski definition) is 0. The average Bonchev–Trinajstić information content (AvgIpc) is 2.77. The number of nitrogens with zero attached hydrogens (tertiary/aromatic N) is 2. The number of imidazole rings is 1. The highest BCUT2D eigenvalue weighted by Crippen LogP contribution is 2.42. The van der Waals surface area contributed by atoms with E-state index in [0.717, 1.165) is 17.8 Å². The van der Waals surface area contributed by atoms with Crippen LogP contribution in [0.4, 0.5) is 0 Å². The van der Waals surface area contributed by atoms with E-state index >= 15 is 0 Å². The molecule has 0 N–H and O–H groups in total. The molecule has 2 heteroatoms. The molecule has 0 radical (unpaired) electrons. The highest BCUT2D eigenvalue weighted by Gasteiger charge is 2.33. The lowest BCUT2D eigenvalue weighted by Crippen LogP contribution is -2.26. The molecule has 4 rings (SSSR count). The van der Waals surface area contributed by atoms with Gasteiger partial charge in [-0.25, -0.2) is 4.98 Å². The minimum absolute atomic E-state index is 0.156. The molecule has 2 aromatic heterocycles. The van der Waals surface area contributed by atoms with E-state index < -0.39 is 0 Å². The number of rotatable bonds is 0. The maximum Gasteiger partial charge on any atom is 0.137 e. The van der Waals surface area contributed by atoms with Gasteiger partial charge in [0, 0.05) is 11.8 Å². The molecular weight excluding hydrogens is 244 g/mol. The molecule has 0 unspecified atom stereocenters. The van der Waals surface area contributed by atoms with Crippen molar-refractivity contribution >= 4 is 5.65 Å². The molecule has 1 aliphatic rings. The summed E-state index contributed by atoms with van der Waals surface area (Å²) in [7, 11) is 0. The van der Waals surface area contributed by atoms with Crippen molar-refractivity contribution in [2.45, 2.75) is 32.6 Å². The molecule has 2 heterocycles. The minimum Gasteiger partial charge on any atom is -0.303 e. The fourth-order valence-corrected chi connectivity index (χ4v) is 3.38. The van der Waals surface area contributed by atoms with Gasteiger partial charge in [0.15, 0.2) is 0 Å². The Labute approximate surface area is 119 Å². The van der Waals surface area contributed by atoms with E-state index in [2.05, 4.69) is 67.8 Å². The molecule has 0 spiro atoms. The molecule has 0 bridgehead atoms. The zero-order chi connectivity index (χ0) is 13.9. The highest BCUT2D eigenvalue weighted by atomic mass is 15.0. The predicted molar refractivity (Wildman–Crippen MR) is 82.1 cm³/mol. The summed E-state index contributed by atoms with van der Waals surface area (Å²) in [4.78, 5) is 4.86. The Morgan fingerprint density at radius 1 is 1.10 bits per heavy atom. The molecule has 20 heavy (non-hydrogen) atoms. The molecule has 100 valence electrons. The normalized spacial score (nSPS) is 15.9. The third-order valence-electron chi connectivity index (χ3n) is 4.39. The summed E-state index contributed by atoms with van der Waals surface area (Å²) >= 11 is 0. The SMILES string of the molecule is Cc1ccc2nc3c(n2c1)CC(C)(C)c1ccccc1-3. The Bertz CT molecular complexity index is 825. The summed E-state index contributed by atoms with van der Waals surface area (Å²) in [5.41, 5.74) is 7.68. The summed E-state index contributed by atoms with van der Waals surface area (Å²) in [5.74, 6) is 0. The maximum absolute atomic E-state index is 4.86. The fraction of sp³-hybridized carbons (Fsp3) is 0.278. The van der Waals surface area contributed by atoms with Crippen molar-refractivity contribution in [2.75, 3.05) is 0 Å². The largest absolute Gasteiger partial charge is 0.303 e. The van der Waals surface area contributed by atoms with Crippen molar-refractivity contribution in [3.63, 3.8) is 0 Å². The maximum atomic E-state index is 4.86. The van der Waals surface area contributed by atoms with Crippen molar-refractivity contribution in [1.29, 1.82) is 0 Å². The van der Waals surface area contributed by atoms with Gasteiger partial charge in [-0.1, -0.05) is 44.2 Å². The van der Waals surface area contributed by atoms with Crippen LogP contribution < -0.4 is 0 Å². The molecule has 3 aromatic rings. The van der Waals surface area contributed by atoms with Crippen molar-refractivity contribution < 1.29 is 0 Å². The Balaban J connectivity index is 2.11. The van der Waals surface area contributed by atoms with Gasteiger partial charge in [-0.05, 0) is 36.0 Å². The number of benzene rings is 1. The number of aryl methyl sites for hydroxylation is 1. The Hall–Kier alpha value is -2.09. The highest BCUT2D eigenvalue weighted by molar-refractivity contribution is 5.73.